The summed E-state index contributed by atoms with van der Waals surface area (Å²) in [5, 5.41) is 0. The molecule has 0 aromatic heterocycles. The third-order valence-corrected chi connectivity index (χ3v) is 1.76. The topological polar surface area (TPSA) is 61.5 Å². The van der Waals surface area contributed by atoms with Crippen LogP contribution in [0.25, 0.3) is 0 Å². The van der Waals surface area contributed by atoms with Crippen molar-refractivity contribution in [3.05, 3.63) is 23.8 Å². The summed E-state index contributed by atoms with van der Waals surface area (Å²) in [6, 6.07) is 4.64. The van der Waals surface area contributed by atoms with Crippen molar-refractivity contribution < 1.29 is 14.3 Å². The maximum atomic E-state index is 11.4. The normalized spacial score (nSPS) is 9.07. The minimum atomic E-state index is -0.494. The average molecular weight is 205 g/mol. The van der Waals surface area contributed by atoms with E-state index < -0.39 is 5.97 Å². The molecule has 0 bridgehead atoms. The van der Waals surface area contributed by atoms with Crippen LogP contribution in [0.15, 0.2) is 18.2 Å². The number of anilines is 1. The Hall–Kier alpha value is -2.15. The highest BCUT2D eigenvalue weighted by Crippen LogP contribution is 2.22. The summed E-state index contributed by atoms with van der Waals surface area (Å²) in [6.45, 7) is -0.0501. The molecule has 1 aromatic rings. The predicted octanol–water partition coefficient (Wildman–Crippen LogP) is 1.07. The molecule has 0 spiro atoms. The first-order valence-corrected chi connectivity index (χ1v) is 4.23. The van der Waals surface area contributed by atoms with Gasteiger partial charge in [0.1, 0.15) is 5.75 Å². The molecule has 4 heteroatoms. The summed E-state index contributed by atoms with van der Waals surface area (Å²) in [7, 11) is 1.47. The van der Waals surface area contributed by atoms with Gasteiger partial charge in [0.2, 0.25) is 0 Å². The van der Waals surface area contributed by atoms with Crippen LogP contribution < -0.4 is 10.5 Å². The summed E-state index contributed by atoms with van der Waals surface area (Å²) in [5.74, 6) is 2.15. The molecule has 2 N–H and O–H groups in total. The van der Waals surface area contributed by atoms with Crippen LogP contribution in [0, 0.1) is 12.3 Å². The zero-order valence-electron chi connectivity index (χ0n) is 8.32. The van der Waals surface area contributed by atoms with Gasteiger partial charge in [-0.1, -0.05) is 5.92 Å². The van der Waals surface area contributed by atoms with E-state index in [1.54, 1.807) is 12.1 Å². The monoisotopic (exact) mass is 205 g/mol. The Morgan fingerprint density at radius 2 is 2.33 bits per heavy atom. The molecule has 1 aromatic carbocycles. The van der Waals surface area contributed by atoms with Gasteiger partial charge in [0.05, 0.1) is 18.4 Å². The summed E-state index contributed by atoms with van der Waals surface area (Å²) >= 11 is 0. The first-order chi connectivity index (χ1) is 7.19. The van der Waals surface area contributed by atoms with Crippen molar-refractivity contribution in [3.8, 4) is 18.1 Å². The standard InChI is InChI=1S/C11H11NO3/c1-3-6-15-11(13)8-4-5-9(12)10(7-8)14-2/h1,4-5,7H,6,12H2,2H3. The lowest BCUT2D eigenvalue weighted by Gasteiger charge is -2.06. The molecule has 0 saturated carbocycles. The van der Waals surface area contributed by atoms with Crippen LogP contribution in [0.4, 0.5) is 5.69 Å². The number of hydrogen-bond donors (Lipinski definition) is 1. The van der Waals surface area contributed by atoms with E-state index in [-0.39, 0.29) is 6.61 Å². The lowest BCUT2D eigenvalue weighted by molar-refractivity contribution is 0.0556. The van der Waals surface area contributed by atoms with E-state index in [1.807, 2.05) is 0 Å². The van der Waals surface area contributed by atoms with Crippen LogP contribution in [-0.2, 0) is 4.74 Å². The number of terminal acetylenes is 1. The molecular weight excluding hydrogens is 194 g/mol. The Balaban J connectivity index is 2.87. The van der Waals surface area contributed by atoms with Crippen LogP contribution in [-0.4, -0.2) is 19.7 Å². The van der Waals surface area contributed by atoms with Gasteiger partial charge in [0.25, 0.3) is 0 Å². The van der Waals surface area contributed by atoms with Gasteiger partial charge in [-0.2, -0.15) is 0 Å². The Morgan fingerprint density at radius 3 is 2.93 bits per heavy atom. The van der Waals surface area contributed by atoms with Crippen LogP contribution in [0.1, 0.15) is 10.4 Å². The van der Waals surface area contributed by atoms with E-state index in [0.29, 0.717) is 17.0 Å². The quantitative estimate of drug-likeness (QED) is 0.455. The Labute approximate surface area is 88.0 Å². The molecule has 4 nitrogen and oxygen atoms in total. The third-order valence-electron chi connectivity index (χ3n) is 1.76. The molecule has 0 fully saturated rings. The number of esters is 1. The van der Waals surface area contributed by atoms with Gasteiger partial charge in [-0.05, 0) is 18.2 Å². The van der Waals surface area contributed by atoms with Gasteiger partial charge in [-0.25, -0.2) is 4.79 Å². The van der Waals surface area contributed by atoms with E-state index in [1.165, 1.54) is 13.2 Å². The molecule has 0 atom stereocenters. The van der Waals surface area contributed by atoms with Gasteiger partial charge >= 0.3 is 5.97 Å². The average Bonchev–Trinajstić information content (AvgIpc) is 2.26. The highest BCUT2D eigenvalue weighted by Gasteiger charge is 2.09. The lowest BCUT2D eigenvalue weighted by Crippen LogP contribution is -2.06. The number of hydrogen-bond acceptors (Lipinski definition) is 4. The van der Waals surface area contributed by atoms with Crippen molar-refractivity contribution in [1.29, 1.82) is 0 Å². The van der Waals surface area contributed by atoms with Gasteiger partial charge in [0.15, 0.2) is 6.61 Å². The second kappa shape index (κ2) is 4.91. The maximum absolute atomic E-state index is 11.4. The molecule has 0 radical (unpaired) electrons. The zero-order valence-corrected chi connectivity index (χ0v) is 8.32. The number of rotatable bonds is 3. The number of carbonyl (C=O) groups is 1. The third kappa shape index (κ3) is 2.64. The second-order valence-electron chi connectivity index (χ2n) is 2.74. The minimum Gasteiger partial charge on any atom is -0.495 e. The SMILES string of the molecule is C#CCOC(=O)c1ccc(N)c(OC)c1. The van der Waals surface area contributed by atoms with Gasteiger partial charge in [-0.3, -0.25) is 0 Å². The summed E-state index contributed by atoms with van der Waals surface area (Å²) < 4.78 is 9.71. The van der Waals surface area contributed by atoms with Crippen molar-refractivity contribution in [2.24, 2.45) is 0 Å². The molecule has 0 amide bonds. The fourth-order valence-corrected chi connectivity index (χ4v) is 1.03. The molecule has 0 aliphatic heterocycles. The van der Waals surface area contributed by atoms with Gasteiger partial charge < -0.3 is 15.2 Å². The predicted molar refractivity (Wildman–Crippen MR) is 56.5 cm³/mol. The maximum Gasteiger partial charge on any atom is 0.339 e. The van der Waals surface area contributed by atoms with Crippen molar-refractivity contribution in [3.63, 3.8) is 0 Å². The summed E-state index contributed by atoms with van der Waals surface area (Å²) in [4.78, 5) is 11.4. The molecule has 0 unspecified atom stereocenters. The number of nitrogen functional groups attached to an aromatic ring is 1. The summed E-state index contributed by atoms with van der Waals surface area (Å²) in [5.41, 5.74) is 6.41. The van der Waals surface area contributed by atoms with Crippen LogP contribution in [0.5, 0.6) is 5.75 Å². The molecule has 15 heavy (non-hydrogen) atoms. The number of methoxy groups -OCH3 is 1. The first-order valence-electron chi connectivity index (χ1n) is 4.23. The Kier molecular flexibility index (Phi) is 3.58. The summed E-state index contributed by atoms with van der Waals surface area (Å²) in [6.07, 6.45) is 4.96. The van der Waals surface area contributed by atoms with Crippen molar-refractivity contribution >= 4 is 11.7 Å². The van der Waals surface area contributed by atoms with Crippen molar-refractivity contribution in [1.82, 2.24) is 0 Å². The molecule has 1 rings (SSSR count). The van der Waals surface area contributed by atoms with Crippen LogP contribution in [0.3, 0.4) is 0 Å². The van der Waals surface area contributed by atoms with E-state index in [0.717, 1.165) is 0 Å². The molecule has 0 saturated heterocycles. The fraction of sp³-hybridized carbons (Fsp3) is 0.182. The fourth-order valence-electron chi connectivity index (χ4n) is 1.03. The highest BCUT2D eigenvalue weighted by molar-refractivity contribution is 5.90. The molecule has 0 aliphatic rings. The molecular formula is C11H11NO3. The van der Waals surface area contributed by atoms with E-state index >= 15 is 0 Å². The number of carbonyl (C=O) groups excluding carboxylic acids is 1. The number of benzene rings is 1. The Bertz CT molecular complexity index is 407. The molecule has 0 aliphatic carbocycles. The Morgan fingerprint density at radius 1 is 1.60 bits per heavy atom. The zero-order chi connectivity index (χ0) is 11.3. The number of ether oxygens (including phenoxy) is 2. The number of nitrogens with two attached hydrogens (primary N) is 1. The van der Waals surface area contributed by atoms with Crippen LogP contribution in [0.2, 0.25) is 0 Å². The van der Waals surface area contributed by atoms with E-state index in [9.17, 15) is 4.79 Å². The van der Waals surface area contributed by atoms with E-state index in [2.05, 4.69) is 5.92 Å². The largest absolute Gasteiger partial charge is 0.495 e. The molecule has 0 heterocycles. The van der Waals surface area contributed by atoms with Gasteiger partial charge in [0, 0.05) is 0 Å². The lowest BCUT2D eigenvalue weighted by atomic mass is 10.2. The molecule has 78 valence electrons. The van der Waals surface area contributed by atoms with Crippen LogP contribution >= 0.6 is 0 Å². The highest BCUT2D eigenvalue weighted by atomic mass is 16.5. The van der Waals surface area contributed by atoms with E-state index in [4.69, 9.17) is 21.6 Å². The second-order valence-corrected chi connectivity index (χ2v) is 2.74. The van der Waals surface area contributed by atoms with Crippen molar-refractivity contribution in [2.75, 3.05) is 19.5 Å². The van der Waals surface area contributed by atoms with Gasteiger partial charge in [-0.15, -0.1) is 6.42 Å². The smallest absolute Gasteiger partial charge is 0.339 e. The first kappa shape index (κ1) is 10.9. The van der Waals surface area contributed by atoms with Crippen molar-refractivity contribution in [2.45, 2.75) is 0 Å². The minimum absolute atomic E-state index is 0.0501.